The standard InChI is InChI=1S/C40H42N4O10/c1-49-31-17-13-29(14-18-31)39(47)53-33-21-11-27(23-35(33)51-3)25-41-43-37(45)9-7-5-6-8-10-38(46)44-42-26-28-12-22-34(36(24-28)52-4)54-40(48)30-15-19-32(50-2)20-16-30/h11-26H,5-10H2,1-4H3,(H,43,45)(H,44,46)/b41-25-,42-26-. The molecule has 4 rings (SSSR count). The second-order valence-electron chi connectivity index (χ2n) is 11.6. The summed E-state index contributed by atoms with van der Waals surface area (Å²) in [7, 11) is 5.99. The lowest BCUT2D eigenvalue weighted by molar-refractivity contribution is -0.122. The molecule has 0 spiro atoms. The lowest BCUT2D eigenvalue weighted by Crippen LogP contribution is -2.17. The van der Waals surface area contributed by atoms with Gasteiger partial charge in [-0.3, -0.25) is 9.59 Å². The van der Waals surface area contributed by atoms with Crippen LogP contribution in [0.1, 0.15) is 70.4 Å². The number of carbonyl (C=O) groups excluding carboxylic acids is 4. The summed E-state index contributed by atoms with van der Waals surface area (Å²) in [4.78, 5) is 49.5. The molecule has 0 heterocycles. The van der Waals surface area contributed by atoms with Crippen molar-refractivity contribution >= 4 is 36.2 Å². The highest BCUT2D eigenvalue weighted by molar-refractivity contribution is 5.92. The minimum absolute atomic E-state index is 0.237. The quantitative estimate of drug-likeness (QED) is 0.0376. The van der Waals surface area contributed by atoms with Crippen LogP contribution in [0.5, 0.6) is 34.5 Å². The molecule has 0 aromatic heterocycles. The first kappa shape index (κ1) is 40.1. The summed E-state index contributed by atoms with van der Waals surface area (Å²) in [6.45, 7) is 0. The van der Waals surface area contributed by atoms with Crippen LogP contribution < -0.4 is 39.3 Å². The van der Waals surface area contributed by atoms with Crippen LogP contribution >= 0.6 is 0 Å². The first-order chi connectivity index (χ1) is 26.2. The van der Waals surface area contributed by atoms with Gasteiger partial charge in [-0.2, -0.15) is 10.2 Å². The summed E-state index contributed by atoms with van der Waals surface area (Å²) in [5.74, 6) is 0.795. The zero-order chi connectivity index (χ0) is 38.7. The molecule has 0 fully saturated rings. The van der Waals surface area contributed by atoms with E-state index >= 15 is 0 Å². The second kappa shape index (κ2) is 21.0. The Morgan fingerprint density at radius 3 is 1.24 bits per heavy atom. The molecule has 0 radical (unpaired) electrons. The number of amides is 2. The van der Waals surface area contributed by atoms with Gasteiger partial charge < -0.3 is 28.4 Å². The van der Waals surface area contributed by atoms with Crippen LogP contribution in [-0.4, -0.2) is 64.6 Å². The molecule has 0 aliphatic carbocycles. The minimum atomic E-state index is -0.548. The summed E-state index contributed by atoms with van der Waals surface area (Å²) >= 11 is 0. The first-order valence-electron chi connectivity index (χ1n) is 16.9. The third kappa shape index (κ3) is 12.5. The third-order valence-electron chi connectivity index (χ3n) is 7.80. The molecule has 0 bridgehead atoms. The lowest BCUT2D eigenvalue weighted by Gasteiger charge is -2.10. The van der Waals surface area contributed by atoms with Crippen LogP contribution in [0, 0.1) is 0 Å². The van der Waals surface area contributed by atoms with Crippen molar-refractivity contribution in [2.24, 2.45) is 10.2 Å². The fourth-order valence-electron chi connectivity index (χ4n) is 4.86. The van der Waals surface area contributed by atoms with Crippen molar-refractivity contribution in [2.45, 2.75) is 38.5 Å². The number of hydrogen-bond acceptors (Lipinski definition) is 12. The second-order valence-corrected chi connectivity index (χ2v) is 11.6. The Morgan fingerprint density at radius 1 is 0.500 bits per heavy atom. The Bertz CT molecular complexity index is 1800. The van der Waals surface area contributed by atoms with Gasteiger partial charge in [-0.15, -0.1) is 0 Å². The van der Waals surface area contributed by atoms with Crippen LogP contribution in [0.2, 0.25) is 0 Å². The fourth-order valence-corrected chi connectivity index (χ4v) is 4.86. The molecule has 54 heavy (non-hydrogen) atoms. The normalized spacial score (nSPS) is 10.8. The van der Waals surface area contributed by atoms with E-state index in [1.54, 1.807) is 99.1 Å². The Hall–Kier alpha value is -6.70. The minimum Gasteiger partial charge on any atom is -0.497 e. The Kier molecular flexibility index (Phi) is 15.6. The van der Waals surface area contributed by atoms with Gasteiger partial charge in [0.2, 0.25) is 11.8 Å². The van der Waals surface area contributed by atoms with Gasteiger partial charge in [0.05, 0.1) is 52.0 Å². The largest absolute Gasteiger partial charge is 0.497 e. The highest BCUT2D eigenvalue weighted by Crippen LogP contribution is 2.30. The van der Waals surface area contributed by atoms with E-state index in [9.17, 15) is 19.2 Å². The predicted octanol–water partition coefficient (Wildman–Crippen LogP) is 6.10. The van der Waals surface area contributed by atoms with Crippen LogP contribution in [0.4, 0.5) is 0 Å². The van der Waals surface area contributed by atoms with Crippen molar-refractivity contribution in [1.29, 1.82) is 0 Å². The van der Waals surface area contributed by atoms with Gasteiger partial charge in [0, 0.05) is 12.8 Å². The van der Waals surface area contributed by atoms with E-state index in [-0.39, 0.29) is 36.2 Å². The van der Waals surface area contributed by atoms with Crippen molar-refractivity contribution < 1.29 is 47.6 Å². The number of benzene rings is 4. The number of esters is 2. The summed E-state index contributed by atoms with van der Waals surface area (Å²) in [5, 5.41) is 8.01. The summed E-state index contributed by atoms with van der Waals surface area (Å²) in [6, 6.07) is 22.9. The average molecular weight is 739 g/mol. The van der Waals surface area contributed by atoms with E-state index in [4.69, 9.17) is 28.4 Å². The molecule has 14 nitrogen and oxygen atoms in total. The number of carbonyl (C=O) groups is 4. The fraction of sp³-hybridized carbons (Fsp3) is 0.250. The molecule has 0 aliphatic rings. The molecule has 0 atom stereocenters. The molecular weight excluding hydrogens is 696 g/mol. The molecule has 0 saturated carbocycles. The molecule has 2 N–H and O–H groups in total. The molecule has 4 aromatic rings. The number of methoxy groups -OCH3 is 4. The van der Waals surface area contributed by atoms with E-state index in [0.717, 1.165) is 12.8 Å². The zero-order valence-corrected chi connectivity index (χ0v) is 30.5. The van der Waals surface area contributed by atoms with Crippen LogP contribution in [-0.2, 0) is 9.59 Å². The van der Waals surface area contributed by atoms with E-state index in [1.807, 2.05) is 0 Å². The van der Waals surface area contributed by atoms with Gasteiger partial charge in [-0.1, -0.05) is 12.8 Å². The Morgan fingerprint density at radius 2 is 0.889 bits per heavy atom. The monoisotopic (exact) mass is 738 g/mol. The molecule has 2 amide bonds. The lowest BCUT2D eigenvalue weighted by atomic mass is 10.1. The maximum atomic E-state index is 12.5. The first-order valence-corrected chi connectivity index (χ1v) is 16.9. The molecular formula is C40H42N4O10. The topological polar surface area (TPSA) is 172 Å². The molecule has 14 heteroatoms. The average Bonchev–Trinajstić information content (AvgIpc) is 3.20. The van der Waals surface area contributed by atoms with E-state index in [2.05, 4.69) is 21.1 Å². The number of ether oxygens (including phenoxy) is 6. The maximum absolute atomic E-state index is 12.5. The van der Waals surface area contributed by atoms with Gasteiger partial charge in [-0.25, -0.2) is 20.4 Å². The highest BCUT2D eigenvalue weighted by atomic mass is 16.6. The molecule has 282 valence electrons. The maximum Gasteiger partial charge on any atom is 0.343 e. The number of nitrogens with one attached hydrogen (secondary N) is 2. The van der Waals surface area contributed by atoms with Crippen molar-refractivity contribution in [1.82, 2.24) is 10.9 Å². The van der Waals surface area contributed by atoms with E-state index in [0.29, 0.717) is 58.1 Å². The van der Waals surface area contributed by atoms with E-state index < -0.39 is 11.9 Å². The van der Waals surface area contributed by atoms with E-state index in [1.165, 1.54) is 26.6 Å². The Balaban J connectivity index is 1.10. The van der Waals surface area contributed by atoms with Crippen LogP contribution in [0.3, 0.4) is 0 Å². The van der Waals surface area contributed by atoms with Crippen molar-refractivity contribution in [3.8, 4) is 34.5 Å². The number of hydrogen-bond donors (Lipinski definition) is 2. The molecule has 0 unspecified atom stereocenters. The number of rotatable bonds is 19. The number of unbranched alkanes of at least 4 members (excludes halogenated alkanes) is 3. The number of hydrazone groups is 2. The Labute approximate surface area is 313 Å². The van der Waals surface area contributed by atoms with Gasteiger partial charge in [-0.05, 0) is 109 Å². The van der Waals surface area contributed by atoms with Crippen molar-refractivity contribution in [3.05, 3.63) is 107 Å². The van der Waals surface area contributed by atoms with Crippen LogP contribution in [0.25, 0.3) is 0 Å². The van der Waals surface area contributed by atoms with Crippen molar-refractivity contribution in [2.75, 3.05) is 28.4 Å². The molecule has 0 aliphatic heterocycles. The van der Waals surface area contributed by atoms with Gasteiger partial charge in [0.1, 0.15) is 11.5 Å². The van der Waals surface area contributed by atoms with Crippen molar-refractivity contribution in [3.63, 3.8) is 0 Å². The third-order valence-corrected chi connectivity index (χ3v) is 7.80. The molecule has 0 saturated heterocycles. The molecule has 4 aromatic carbocycles. The summed E-state index contributed by atoms with van der Waals surface area (Å²) < 4.78 is 31.9. The van der Waals surface area contributed by atoms with Gasteiger partial charge >= 0.3 is 11.9 Å². The van der Waals surface area contributed by atoms with Crippen LogP contribution in [0.15, 0.2) is 95.1 Å². The number of nitrogens with zero attached hydrogens (tertiary/aromatic N) is 2. The van der Waals surface area contributed by atoms with Gasteiger partial charge in [0.25, 0.3) is 0 Å². The van der Waals surface area contributed by atoms with Gasteiger partial charge in [0.15, 0.2) is 23.0 Å². The summed E-state index contributed by atoms with van der Waals surface area (Å²) in [6.07, 6.45) is 6.27. The summed E-state index contributed by atoms with van der Waals surface area (Å²) in [5.41, 5.74) is 6.97. The zero-order valence-electron chi connectivity index (χ0n) is 30.5. The highest BCUT2D eigenvalue weighted by Gasteiger charge is 2.15. The smallest absolute Gasteiger partial charge is 0.343 e. The predicted molar refractivity (Wildman–Crippen MR) is 201 cm³/mol. The SMILES string of the molecule is COc1ccc(C(=O)Oc2ccc(/C=N\NC(=O)CCCCCCC(=O)N/N=C\c3ccc(OC(=O)c4ccc(OC)cc4)c(OC)c3)cc2OC)cc1.